The number of aromatic nitrogens is 4. The topological polar surface area (TPSA) is 67.7 Å². The molecule has 1 saturated heterocycles. The molecular formula is C13H18N6. The number of rotatable bonds is 3. The van der Waals surface area contributed by atoms with Gasteiger partial charge in [-0.25, -0.2) is 9.97 Å². The van der Waals surface area contributed by atoms with Gasteiger partial charge in [-0.15, -0.1) is 0 Å². The number of anilines is 2. The van der Waals surface area contributed by atoms with E-state index in [9.17, 15) is 0 Å². The summed E-state index contributed by atoms with van der Waals surface area (Å²) in [6.45, 7) is 4.08. The number of hydrogen-bond donors (Lipinski definition) is 2. The molecule has 0 radical (unpaired) electrons. The van der Waals surface area contributed by atoms with Crippen molar-refractivity contribution in [3.05, 3.63) is 30.4 Å². The van der Waals surface area contributed by atoms with Crippen molar-refractivity contribution in [2.75, 3.05) is 18.4 Å². The lowest BCUT2D eigenvalue weighted by Gasteiger charge is -2.22. The molecule has 1 fully saturated rings. The van der Waals surface area contributed by atoms with E-state index < -0.39 is 0 Å². The van der Waals surface area contributed by atoms with Crippen LogP contribution in [0.1, 0.15) is 24.6 Å². The standard InChI is InChI=1S/C13H18N6/c1-10-2-7-15-13(17-10)18-11-8-16-19(9-11)12-3-5-14-6-4-12/h2,7-9,12,14H,3-6H2,1H3,(H,15,17,18). The molecular weight excluding hydrogens is 240 g/mol. The van der Waals surface area contributed by atoms with E-state index in [4.69, 9.17) is 0 Å². The summed E-state index contributed by atoms with van der Waals surface area (Å²) in [6.07, 6.45) is 7.86. The Labute approximate surface area is 112 Å². The van der Waals surface area contributed by atoms with Crippen molar-refractivity contribution < 1.29 is 0 Å². The zero-order valence-electron chi connectivity index (χ0n) is 11.0. The fourth-order valence-electron chi connectivity index (χ4n) is 2.31. The summed E-state index contributed by atoms with van der Waals surface area (Å²) in [5, 5.41) is 11.0. The first-order chi connectivity index (χ1) is 9.31. The Morgan fingerprint density at radius 2 is 2.21 bits per heavy atom. The highest BCUT2D eigenvalue weighted by Crippen LogP contribution is 2.20. The first kappa shape index (κ1) is 12.1. The average molecular weight is 258 g/mol. The summed E-state index contributed by atoms with van der Waals surface area (Å²) in [5.41, 5.74) is 1.88. The maximum atomic E-state index is 4.43. The molecule has 2 aromatic rings. The van der Waals surface area contributed by atoms with Crippen molar-refractivity contribution in [3.8, 4) is 0 Å². The van der Waals surface area contributed by atoms with Crippen molar-refractivity contribution in [3.63, 3.8) is 0 Å². The Morgan fingerprint density at radius 1 is 1.37 bits per heavy atom. The molecule has 6 heteroatoms. The molecule has 0 spiro atoms. The van der Waals surface area contributed by atoms with Gasteiger partial charge in [-0.3, -0.25) is 4.68 Å². The smallest absolute Gasteiger partial charge is 0.227 e. The van der Waals surface area contributed by atoms with Gasteiger partial charge in [0.2, 0.25) is 5.95 Å². The van der Waals surface area contributed by atoms with E-state index in [2.05, 4.69) is 25.7 Å². The van der Waals surface area contributed by atoms with Gasteiger partial charge in [0.25, 0.3) is 0 Å². The molecule has 3 heterocycles. The van der Waals surface area contributed by atoms with Crippen LogP contribution >= 0.6 is 0 Å². The van der Waals surface area contributed by atoms with Crippen LogP contribution in [0.15, 0.2) is 24.7 Å². The van der Waals surface area contributed by atoms with Gasteiger partial charge in [-0.1, -0.05) is 0 Å². The summed E-state index contributed by atoms with van der Waals surface area (Å²) in [4.78, 5) is 8.51. The predicted molar refractivity (Wildman–Crippen MR) is 73.4 cm³/mol. The Hall–Kier alpha value is -1.95. The lowest BCUT2D eigenvalue weighted by Crippen LogP contribution is -2.29. The quantitative estimate of drug-likeness (QED) is 0.876. The third kappa shape index (κ3) is 2.90. The molecule has 0 amide bonds. The van der Waals surface area contributed by atoms with Gasteiger partial charge in [-0.2, -0.15) is 5.10 Å². The summed E-state index contributed by atoms with van der Waals surface area (Å²) in [7, 11) is 0. The molecule has 3 rings (SSSR count). The Kier molecular flexibility index (Phi) is 3.41. The van der Waals surface area contributed by atoms with Crippen LogP contribution in [0.3, 0.4) is 0 Å². The summed E-state index contributed by atoms with van der Waals surface area (Å²) in [5.74, 6) is 0.616. The van der Waals surface area contributed by atoms with E-state index in [1.807, 2.05) is 30.1 Å². The van der Waals surface area contributed by atoms with E-state index in [-0.39, 0.29) is 0 Å². The van der Waals surface area contributed by atoms with Gasteiger partial charge in [0.15, 0.2) is 0 Å². The molecule has 0 unspecified atom stereocenters. The van der Waals surface area contributed by atoms with Gasteiger partial charge >= 0.3 is 0 Å². The van der Waals surface area contributed by atoms with Crippen LogP contribution in [0, 0.1) is 6.92 Å². The molecule has 1 aliphatic rings. The fourth-order valence-corrected chi connectivity index (χ4v) is 2.31. The molecule has 2 N–H and O–H groups in total. The minimum absolute atomic E-state index is 0.496. The van der Waals surface area contributed by atoms with E-state index in [0.717, 1.165) is 37.3 Å². The van der Waals surface area contributed by atoms with Crippen molar-refractivity contribution >= 4 is 11.6 Å². The second-order valence-electron chi connectivity index (χ2n) is 4.84. The number of nitrogens with zero attached hydrogens (tertiary/aromatic N) is 4. The second kappa shape index (κ2) is 5.36. The lowest BCUT2D eigenvalue weighted by atomic mass is 10.1. The summed E-state index contributed by atoms with van der Waals surface area (Å²) < 4.78 is 2.04. The molecule has 0 aliphatic carbocycles. The zero-order valence-corrected chi connectivity index (χ0v) is 11.0. The van der Waals surface area contributed by atoms with Crippen molar-refractivity contribution in [1.82, 2.24) is 25.1 Å². The molecule has 6 nitrogen and oxygen atoms in total. The second-order valence-corrected chi connectivity index (χ2v) is 4.84. The van der Waals surface area contributed by atoms with Crippen LogP contribution in [0.5, 0.6) is 0 Å². The van der Waals surface area contributed by atoms with Gasteiger partial charge in [0, 0.05) is 18.1 Å². The highest BCUT2D eigenvalue weighted by Gasteiger charge is 2.15. The highest BCUT2D eigenvalue weighted by molar-refractivity contribution is 5.50. The van der Waals surface area contributed by atoms with Crippen LogP contribution < -0.4 is 10.6 Å². The minimum atomic E-state index is 0.496. The van der Waals surface area contributed by atoms with Crippen LogP contribution in [0.2, 0.25) is 0 Å². The molecule has 0 atom stereocenters. The third-order valence-electron chi connectivity index (χ3n) is 3.34. The molecule has 1 aliphatic heterocycles. The van der Waals surface area contributed by atoms with Crippen LogP contribution in [0.25, 0.3) is 0 Å². The maximum Gasteiger partial charge on any atom is 0.227 e. The normalized spacial score (nSPS) is 16.5. The third-order valence-corrected chi connectivity index (χ3v) is 3.34. The van der Waals surface area contributed by atoms with Gasteiger partial charge in [0.1, 0.15) is 0 Å². The predicted octanol–water partition coefficient (Wildman–Crippen LogP) is 1.65. The van der Waals surface area contributed by atoms with E-state index in [0.29, 0.717) is 12.0 Å². The van der Waals surface area contributed by atoms with Gasteiger partial charge in [0.05, 0.1) is 17.9 Å². The molecule has 0 aromatic carbocycles. The Balaban J connectivity index is 1.70. The molecule has 100 valence electrons. The monoisotopic (exact) mass is 258 g/mol. The molecule has 0 saturated carbocycles. The largest absolute Gasteiger partial charge is 0.321 e. The summed E-state index contributed by atoms with van der Waals surface area (Å²) >= 11 is 0. The molecule has 19 heavy (non-hydrogen) atoms. The number of hydrogen-bond acceptors (Lipinski definition) is 5. The van der Waals surface area contributed by atoms with Crippen LogP contribution in [-0.4, -0.2) is 32.8 Å². The first-order valence-electron chi connectivity index (χ1n) is 6.63. The van der Waals surface area contributed by atoms with Crippen LogP contribution in [0.4, 0.5) is 11.6 Å². The molecule has 0 bridgehead atoms. The SMILES string of the molecule is Cc1ccnc(Nc2cnn(C3CCNCC3)c2)n1. The number of nitrogens with one attached hydrogen (secondary N) is 2. The molecule has 2 aromatic heterocycles. The zero-order chi connectivity index (χ0) is 13.1. The van der Waals surface area contributed by atoms with Gasteiger partial charge in [-0.05, 0) is 38.9 Å². The number of aryl methyl sites for hydroxylation is 1. The Morgan fingerprint density at radius 3 is 3.00 bits per heavy atom. The van der Waals surface area contributed by atoms with E-state index in [1.54, 1.807) is 6.20 Å². The minimum Gasteiger partial charge on any atom is -0.321 e. The first-order valence-corrected chi connectivity index (χ1v) is 6.63. The maximum absolute atomic E-state index is 4.43. The average Bonchev–Trinajstić information content (AvgIpc) is 2.88. The highest BCUT2D eigenvalue weighted by atomic mass is 15.3. The van der Waals surface area contributed by atoms with Gasteiger partial charge < -0.3 is 10.6 Å². The Bertz CT molecular complexity index is 544. The number of piperidine rings is 1. The van der Waals surface area contributed by atoms with Crippen LogP contribution in [-0.2, 0) is 0 Å². The van der Waals surface area contributed by atoms with E-state index in [1.165, 1.54) is 0 Å². The van der Waals surface area contributed by atoms with Crippen molar-refractivity contribution in [1.29, 1.82) is 0 Å². The summed E-state index contributed by atoms with van der Waals surface area (Å²) in [6, 6.07) is 2.37. The van der Waals surface area contributed by atoms with Crippen molar-refractivity contribution in [2.45, 2.75) is 25.8 Å². The lowest BCUT2D eigenvalue weighted by molar-refractivity contribution is 0.343. The van der Waals surface area contributed by atoms with Crippen molar-refractivity contribution in [2.24, 2.45) is 0 Å². The fraction of sp³-hybridized carbons (Fsp3) is 0.462. The van der Waals surface area contributed by atoms with E-state index >= 15 is 0 Å².